The monoisotopic (exact) mass is 344 g/mol. The number of hydrogen-bond acceptors (Lipinski definition) is 4. The van der Waals surface area contributed by atoms with Crippen molar-refractivity contribution in [3.05, 3.63) is 84.6 Å². The third-order valence-corrected chi connectivity index (χ3v) is 4.37. The molecule has 2 N–H and O–H groups in total. The Bertz CT molecular complexity index is 983. The van der Waals surface area contributed by atoms with Crippen LogP contribution in [0.1, 0.15) is 18.0 Å². The van der Waals surface area contributed by atoms with Gasteiger partial charge in [-0.15, -0.1) is 0 Å². The molecule has 2 aromatic carbocycles. The molecular formula is C21H20N4O. The van der Waals surface area contributed by atoms with Crippen molar-refractivity contribution in [3.63, 3.8) is 0 Å². The van der Waals surface area contributed by atoms with Crippen molar-refractivity contribution >= 4 is 11.5 Å². The molecule has 5 heteroatoms. The SMILES string of the molecule is OCC[C@H](Nc1cc(-c2ccccc2)nc2ccnn12)c1ccccc1. The molecule has 0 unspecified atom stereocenters. The zero-order valence-corrected chi connectivity index (χ0v) is 14.3. The van der Waals surface area contributed by atoms with Crippen molar-refractivity contribution in [1.82, 2.24) is 14.6 Å². The van der Waals surface area contributed by atoms with Gasteiger partial charge in [-0.3, -0.25) is 0 Å². The molecule has 0 fully saturated rings. The summed E-state index contributed by atoms with van der Waals surface area (Å²) in [5.41, 5.74) is 3.85. The molecule has 26 heavy (non-hydrogen) atoms. The topological polar surface area (TPSA) is 62.5 Å². The van der Waals surface area contributed by atoms with E-state index in [1.54, 1.807) is 10.7 Å². The predicted molar refractivity (Wildman–Crippen MR) is 103 cm³/mol. The van der Waals surface area contributed by atoms with Gasteiger partial charge in [-0.2, -0.15) is 9.61 Å². The van der Waals surface area contributed by atoms with E-state index in [4.69, 9.17) is 4.98 Å². The molecule has 0 aliphatic heterocycles. The normalized spacial score (nSPS) is 12.2. The summed E-state index contributed by atoms with van der Waals surface area (Å²) in [4.78, 5) is 4.70. The Morgan fingerprint density at radius 2 is 1.69 bits per heavy atom. The van der Waals surface area contributed by atoms with Crippen LogP contribution >= 0.6 is 0 Å². The highest BCUT2D eigenvalue weighted by Gasteiger charge is 2.14. The minimum Gasteiger partial charge on any atom is -0.396 e. The van der Waals surface area contributed by atoms with Gasteiger partial charge in [0, 0.05) is 24.3 Å². The van der Waals surface area contributed by atoms with Gasteiger partial charge in [-0.25, -0.2) is 4.98 Å². The quantitative estimate of drug-likeness (QED) is 0.556. The van der Waals surface area contributed by atoms with Crippen molar-refractivity contribution in [3.8, 4) is 11.3 Å². The largest absolute Gasteiger partial charge is 0.396 e. The van der Waals surface area contributed by atoms with Gasteiger partial charge in [0.25, 0.3) is 0 Å². The van der Waals surface area contributed by atoms with Crippen molar-refractivity contribution in [2.45, 2.75) is 12.5 Å². The summed E-state index contributed by atoms with van der Waals surface area (Å²) in [6.45, 7) is 0.103. The maximum atomic E-state index is 9.51. The number of nitrogens with one attached hydrogen (secondary N) is 1. The van der Waals surface area contributed by atoms with E-state index >= 15 is 0 Å². The highest BCUT2D eigenvalue weighted by atomic mass is 16.3. The van der Waals surface area contributed by atoms with Gasteiger partial charge < -0.3 is 10.4 Å². The molecule has 4 aromatic rings. The molecule has 5 nitrogen and oxygen atoms in total. The fourth-order valence-corrected chi connectivity index (χ4v) is 3.09. The lowest BCUT2D eigenvalue weighted by Gasteiger charge is -2.20. The summed E-state index contributed by atoms with van der Waals surface area (Å²) in [7, 11) is 0. The lowest BCUT2D eigenvalue weighted by atomic mass is 10.0. The van der Waals surface area contributed by atoms with Crippen LogP contribution in [0.5, 0.6) is 0 Å². The van der Waals surface area contributed by atoms with Crippen molar-refractivity contribution in [2.75, 3.05) is 11.9 Å². The Hall–Kier alpha value is -3.18. The smallest absolute Gasteiger partial charge is 0.157 e. The van der Waals surface area contributed by atoms with Crippen LogP contribution in [0.15, 0.2) is 79.0 Å². The Kier molecular flexibility index (Phi) is 4.62. The third kappa shape index (κ3) is 3.30. The van der Waals surface area contributed by atoms with E-state index in [1.807, 2.05) is 60.7 Å². The minimum absolute atomic E-state index is 0.0142. The lowest BCUT2D eigenvalue weighted by molar-refractivity contribution is 0.280. The van der Waals surface area contributed by atoms with Gasteiger partial charge in [0.2, 0.25) is 0 Å². The molecule has 2 aromatic heterocycles. The molecule has 0 radical (unpaired) electrons. The van der Waals surface area contributed by atoms with E-state index in [1.165, 1.54) is 0 Å². The van der Waals surface area contributed by atoms with E-state index in [0.717, 1.165) is 28.3 Å². The summed E-state index contributed by atoms with van der Waals surface area (Å²) in [5.74, 6) is 0.848. The van der Waals surface area contributed by atoms with Gasteiger partial charge in [-0.05, 0) is 12.0 Å². The van der Waals surface area contributed by atoms with E-state index in [9.17, 15) is 5.11 Å². The van der Waals surface area contributed by atoms with Crippen molar-refractivity contribution < 1.29 is 5.11 Å². The molecule has 2 heterocycles. The first-order valence-electron chi connectivity index (χ1n) is 8.68. The molecule has 0 aliphatic rings. The lowest BCUT2D eigenvalue weighted by Crippen LogP contribution is -2.15. The molecule has 130 valence electrons. The molecule has 0 saturated carbocycles. The number of nitrogens with zero attached hydrogens (tertiary/aromatic N) is 3. The van der Waals surface area contributed by atoms with Gasteiger partial charge in [0.15, 0.2) is 5.65 Å². The second kappa shape index (κ2) is 7.37. The first-order chi connectivity index (χ1) is 12.8. The van der Waals surface area contributed by atoms with Crippen molar-refractivity contribution in [2.24, 2.45) is 0 Å². The zero-order chi connectivity index (χ0) is 17.8. The van der Waals surface area contributed by atoms with Crippen molar-refractivity contribution in [1.29, 1.82) is 0 Å². The van der Waals surface area contributed by atoms with Crippen LogP contribution in [0.4, 0.5) is 5.82 Å². The molecular weight excluding hydrogens is 324 g/mol. The minimum atomic E-state index is -0.0142. The molecule has 0 saturated heterocycles. The number of hydrogen-bond donors (Lipinski definition) is 2. The molecule has 1 atom stereocenters. The number of aliphatic hydroxyl groups is 1. The summed E-state index contributed by atoms with van der Waals surface area (Å²) in [5, 5.41) is 17.4. The number of rotatable bonds is 6. The van der Waals surface area contributed by atoms with E-state index in [-0.39, 0.29) is 12.6 Å². The first-order valence-corrected chi connectivity index (χ1v) is 8.68. The Morgan fingerprint density at radius 3 is 2.42 bits per heavy atom. The Balaban J connectivity index is 1.76. The van der Waals surface area contributed by atoms with Crippen LogP contribution in [0.2, 0.25) is 0 Å². The summed E-state index contributed by atoms with van der Waals surface area (Å²) < 4.78 is 1.79. The van der Waals surface area contributed by atoms with Gasteiger partial charge >= 0.3 is 0 Å². The Morgan fingerprint density at radius 1 is 0.962 bits per heavy atom. The van der Waals surface area contributed by atoms with Crippen LogP contribution in [0.25, 0.3) is 16.9 Å². The zero-order valence-electron chi connectivity index (χ0n) is 14.3. The van der Waals surface area contributed by atoms with Gasteiger partial charge in [0.05, 0.1) is 17.9 Å². The predicted octanol–water partition coefficient (Wildman–Crippen LogP) is 3.93. The number of anilines is 1. The molecule has 4 rings (SSSR count). The highest BCUT2D eigenvalue weighted by Crippen LogP contribution is 2.26. The van der Waals surface area contributed by atoms with Crippen LogP contribution in [-0.4, -0.2) is 26.3 Å². The average molecular weight is 344 g/mol. The second-order valence-electron chi connectivity index (χ2n) is 6.11. The molecule has 0 amide bonds. The molecule has 0 bridgehead atoms. The van der Waals surface area contributed by atoms with E-state index in [0.29, 0.717) is 6.42 Å². The number of aromatic nitrogens is 3. The average Bonchev–Trinajstić information content (AvgIpc) is 3.18. The number of fused-ring (bicyclic) bond motifs is 1. The number of aliphatic hydroxyl groups excluding tert-OH is 1. The molecule has 0 aliphatic carbocycles. The number of benzene rings is 2. The highest BCUT2D eigenvalue weighted by molar-refractivity contribution is 5.66. The van der Waals surface area contributed by atoms with Crippen LogP contribution in [0, 0.1) is 0 Å². The van der Waals surface area contributed by atoms with Crippen LogP contribution in [-0.2, 0) is 0 Å². The van der Waals surface area contributed by atoms with Crippen LogP contribution in [0.3, 0.4) is 0 Å². The fourth-order valence-electron chi connectivity index (χ4n) is 3.09. The summed E-state index contributed by atoms with van der Waals surface area (Å²) in [6, 6.07) is 24.1. The Labute approximate surface area is 152 Å². The molecule has 0 spiro atoms. The summed E-state index contributed by atoms with van der Waals surface area (Å²) in [6.07, 6.45) is 2.35. The van der Waals surface area contributed by atoms with E-state index < -0.39 is 0 Å². The fraction of sp³-hybridized carbons (Fsp3) is 0.143. The second-order valence-corrected chi connectivity index (χ2v) is 6.11. The third-order valence-electron chi connectivity index (χ3n) is 4.37. The van der Waals surface area contributed by atoms with E-state index in [2.05, 4.69) is 22.5 Å². The van der Waals surface area contributed by atoms with Gasteiger partial charge in [0.1, 0.15) is 5.82 Å². The first kappa shape index (κ1) is 16.3. The maximum Gasteiger partial charge on any atom is 0.157 e. The van der Waals surface area contributed by atoms with Crippen LogP contribution < -0.4 is 5.32 Å². The summed E-state index contributed by atoms with van der Waals surface area (Å²) >= 11 is 0. The van der Waals surface area contributed by atoms with Gasteiger partial charge in [-0.1, -0.05) is 60.7 Å². The standard InChI is InChI=1S/C21H20N4O/c26-14-12-18(16-7-3-1-4-8-16)23-21-15-19(17-9-5-2-6-10-17)24-20-11-13-22-25(20)21/h1-11,13,15,18,23,26H,12,14H2/t18-/m0/s1. The maximum absolute atomic E-state index is 9.51.